The first-order chi connectivity index (χ1) is 9.06. The standard InChI is InChI=1S/C14H20N2O3/c1-16(10-6-9-12(17)19-2)14(18)13(15)11-7-4-3-5-8-11/h3-5,7-8,13H,6,9-10,15H2,1-2H3/t13-/m0/s1. The van der Waals surface area contributed by atoms with Crippen LogP contribution in [0.15, 0.2) is 30.3 Å². The minimum absolute atomic E-state index is 0.156. The first-order valence-electron chi connectivity index (χ1n) is 6.18. The molecule has 0 fully saturated rings. The molecule has 19 heavy (non-hydrogen) atoms. The van der Waals surface area contributed by atoms with Crippen LogP contribution in [0.25, 0.3) is 0 Å². The third-order valence-electron chi connectivity index (χ3n) is 2.90. The van der Waals surface area contributed by atoms with Gasteiger partial charge in [0.05, 0.1) is 7.11 Å². The molecule has 104 valence electrons. The summed E-state index contributed by atoms with van der Waals surface area (Å²) in [5.74, 6) is -0.427. The SMILES string of the molecule is COC(=O)CCCN(C)C(=O)[C@@H](N)c1ccccc1. The Kier molecular flexibility index (Phi) is 6.02. The van der Waals surface area contributed by atoms with Gasteiger partial charge in [-0.1, -0.05) is 30.3 Å². The molecule has 5 heteroatoms. The smallest absolute Gasteiger partial charge is 0.305 e. The number of nitrogens with zero attached hydrogens (tertiary/aromatic N) is 1. The fraction of sp³-hybridized carbons (Fsp3) is 0.429. The highest BCUT2D eigenvalue weighted by Gasteiger charge is 2.19. The van der Waals surface area contributed by atoms with E-state index in [0.717, 1.165) is 5.56 Å². The number of ether oxygens (including phenoxy) is 1. The van der Waals surface area contributed by atoms with E-state index in [1.807, 2.05) is 30.3 Å². The molecular weight excluding hydrogens is 244 g/mol. The Morgan fingerprint density at radius 1 is 1.32 bits per heavy atom. The van der Waals surface area contributed by atoms with Crippen molar-refractivity contribution in [3.05, 3.63) is 35.9 Å². The zero-order chi connectivity index (χ0) is 14.3. The number of amides is 1. The molecule has 1 aromatic carbocycles. The van der Waals surface area contributed by atoms with Crippen LogP contribution in [-0.2, 0) is 14.3 Å². The quantitative estimate of drug-likeness (QED) is 0.781. The zero-order valence-electron chi connectivity index (χ0n) is 11.3. The lowest BCUT2D eigenvalue weighted by molar-refractivity contribution is -0.141. The molecule has 1 amide bonds. The molecule has 1 rings (SSSR count). The number of hydrogen-bond donors (Lipinski definition) is 1. The summed E-state index contributed by atoms with van der Waals surface area (Å²) in [6, 6.07) is 8.56. The highest BCUT2D eigenvalue weighted by Crippen LogP contribution is 2.12. The van der Waals surface area contributed by atoms with Crippen LogP contribution >= 0.6 is 0 Å². The molecule has 1 atom stereocenters. The summed E-state index contributed by atoms with van der Waals surface area (Å²) in [4.78, 5) is 24.6. The molecular formula is C14H20N2O3. The van der Waals surface area contributed by atoms with Crippen molar-refractivity contribution in [2.24, 2.45) is 5.73 Å². The van der Waals surface area contributed by atoms with Crippen molar-refractivity contribution in [3.63, 3.8) is 0 Å². The van der Waals surface area contributed by atoms with E-state index in [4.69, 9.17) is 5.73 Å². The van der Waals surface area contributed by atoms with Crippen molar-refractivity contribution < 1.29 is 14.3 Å². The summed E-state index contributed by atoms with van der Waals surface area (Å²) in [7, 11) is 3.03. The maximum atomic E-state index is 12.1. The molecule has 0 heterocycles. The van der Waals surface area contributed by atoms with Gasteiger partial charge in [0, 0.05) is 20.0 Å². The second-order valence-electron chi connectivity index (χ2n) is 4.33. The topological polar surface area (TPSA) is 72.6 Å². The fourth-order valence-electron chi connectivity index (χ4n) is 1.71. The van der Waals surface area contributed by atoms with Gasteiger partial charge in [0.25, 0.3) is 0 Å². The molecule has 0 aromatic heterocycles. The van der Waals surface area contributed by atoms with Crippen LogP contribution < -0.4 is 5.73 Å². The average molecular weight is 264 g/mol. The van der Waals surface area contributed by atoms with Crippen LogP contribution in [-0.4, -0.2) is 37.5 Å². The first-order valence-corrected chi connectivity index (χ1v) is 6.18. The third-order valence-corrected chi connectivity index (χ3v) is 2.90. The maximum Gasteiger partial charge on any atom is 0.305 e. The van der Waals surface area contributed by atoms with Gasteiger partial charge in [-0.15, -0.1) is 0 Å². The summed E-state index contributed by atoms with van der Waals surface area (Å²) < 4.78 is 4.54. The van der Waals surface area contributed by atoms with E-state index in [-0.39, 0.29) is 11.9 Å². The predicted molar refractivity (Wildman–Crippen MR) is 72.3 cm³/mol. The Hall–Kier alpha value is -1.88. The van der Waals surface area contributed by atoms with Gasteiger partial charge >= 0.3 is 5.97 Å². The zero-order valence-corrected chi connectivity index (χ0v) is 11.3. The normalized spacial score (nSPS) is 11.7. The second kappa shape index (κ2) is 7.53. The number of carbonyl (C=O) groups excluding carboxylic acids is 2. The number of methoxy groups -OCH3 is 1. The minimum Gasteiger partial charge on any atom is -0.469 e. The number of hydrogen-bond acceptors (Lipinski definition) is 4. The van der Waals surface area contributed by atoms with Gasteiger partial charge in [-0.05, 0) is 12.0 Å². The lowest BCUT2D eigenvalue weighted by Gasteiger charge is -2.21. The number of esters is 1. The van der Waals surface area contributed by atoms with Gasteiger partial charge in [0.1, 0.15) is 6.04 Å². The van der Waals surface area contributed by atoms with Crippen LogP contribution in [0, 0.1) is 0 Å². The van der Waals surface area contributed by atoms with Crippen molar-refractivity contribution in [1.82, 2.24) is 4.90 Å². The Balaban J connectivity index is 2.46. The minimum atomic E-state index is -0.663. The van der Waals surface area contributed by atoms with Gasteiger partial charge in [-0.25, -0.2) is 0 Å². The van der Waals surface area contributed by atoms with E-state index in [9.17, 15) is 9.59 Å². The van der Waals surface area contributed by atoms with E-state index >= 15 is 0 Å². The largest absolute Gasteiger partial charge is 0.469 e. The van der Waals surface area contributed by atoms with Crippen LogP contribution in [0.2, 0.25) is 0 Å². The third kappa shape index (κ3) is 4.71. The van der Waals surface area contributed by atoms with Gasteiger partial charge in [0.2, 0.25) is 5.91 Å². The highest BCUT2D eigenvalue weighted by molar-refractivity contribution is 5.82. The summed E-state index contributed by atoms with van der Waals surface area (Å²) in [5, 5.41) is 0. The fourth-order valence-corrected chi connectivity index (χ4v) is 1.71. The second-order valence-corrected chi connectivity index (χ2v) is 4.33. The summed E-state index contributed by atoms with van der Waals surface area (Å²) in [6.45, 7) is 0.481. The van der Waals surface area contributed by atoms with Crippen molar-refractivity contribution in [1.29, 1.82) is 0 Å². The Morgan fingerprint density at radius 2 is 1.95 bits per heavy atom. The number of likely N-dealkylation sites (N-methyl/N-ethyl adjacent to an activating group) is 1. The van der Waals surface area contributed by atoms with Gasteiger partial charge in [0.15, 0.2) is 0 Å². The Morgan fingerprint density at radius 3 is 2.53 bits per heavy atom. The molecule has 0 aliphatic heterocycles. The molecule has 0 unspecified atom stereocenters. The summed E-state index contributed by atoms with van der Waals surface area (Å²) in [6.07, 6.45) is 0.866. The van der Waals surface area contributed by atoms with E-state index in [0.29, 0.717) is 19.4 Å². The average Bonchev–Trinajstić information content (AvgIpc) is 2.46. The van der Waals surface area contributed by atoms with Crippen LogP contribution in [0.3, 0.4) is 0 Å². The van der Waals surface area contributed by atoms with Crippen LogP contribution in [0.4, 0.5) is 0 Å². The number of nitrogens with two attached hydrogens (primary N) is 1. The molecule has 1 aromatic rings. The number of rotatable bonds is 6. The molecule has 0 aliphatic rings. The molecule has 0 saturated heterocycles. The van der Waals surface area contributed by atoms with Crippen LogP contribution in [0.5, 0.6) is 0 Å². The van der Waals surface area contributed by atoms with Crippen molar-refractivity contribution in [2.45, 2.75) is 18.9 Å². The molecule has 5 nitrogen and oxygen atoms in total. The number of carbonyl (C=O) groups is 2. The van der Waals surface area contributed by atoms with E-state index in [1.54, 1.807) is 11.9 Å². The first kappa shape index (κ1) is 15.2. The summed E-state index contributed by atoms with van der Waals surface area (Å²) >= 11 is 0. The lowest BCUT2D eigenvalue weighted by Crippen LogP contribution is -2.36. The lowest BCUT2D eigenvalue weighted by atomic mass is 10.1. The van der Waals surface area contributed by atoms with Crippen molar-refractivity contribution in [3.8, 4) is 0 Å². The molecule has 0 bridgehead atoms. The maximum absolute atomic E-state index is 12.1. The Labute approximate surface area is 113 Å². The van der Waals surface area contributed by atoms with Crippen LogP contribution in [0.1, 0.15) is 24.4 Å². The molecule has 0 spiro atoms. The van der Waals surface area contributed by atoms with E-state index in [2.05, 4.69) is 4.74 Å². The Bertz CT molecular complexity index is 420. The summed E-state index contributed by atoms with van der Waals surface area (Å²) in [5.41, 5.74) is 6.70. The van der Waals surface area contributed by atoms with Gasteiger partial charge in [-0.3, -0.25) is 9.59 Å². The predicted octanol–water partition coefficient (Wildman–Crippen LogP) is 1.10. The number of benzene rings is 1. The highest BCUT2D eigenvalue weighted by atomic mass is 16.5. The molecule has 2 N–H and O–H groups in total. The van der Waals surface area contributed by atoms with Crippen molar-refractivity contribution in [2.75, 3.05) is 20.7 Å². The van der Waals surface area contributed by atoms with E-state index in [1.165, 1.54) is 7.11 Å². The molecule has 0 aliphatic carbocycles. The molecule has 0 saturated carbocycles. The van der Waals surface area contributed by atoms with Gasteiger partial charge < -0.3 is 15.4 Å². The molecule has 0 radical (unpaired) electrons. The monoisotopic (exact) mass is 264 g/mol. The van der Waals surface area contributed by atoms with E-state index < -0.39 is 6.04 Å². The van der Waals surface area contributed by atoms with Crippen molar-refractivity contribution >= 4 is 11.9 Å². The van der Waals surface area contributed by atoms with Gasteiger partial charge in [-0.2, -0.15) is 0 Å².